The van der Waals surface area contributed by atoms with Gasteiger partial charge in [0, 0.05) is 12.6 Å². The van der Waals surface area contributed by atoms with Gasteiger partial charge in [-0.05, 0) is 29.5 Å². The minimum atomic E-state index is -3.37. The van der Waals surface area contributed by atoms with Gasteiger partial charge in [-0.1, -0.05) is 39.8 Å². The molecule has 1 aromatic carbocycles. The molecule has 0 aliphatic carbocycles. The first kappa shape index (κ1) is 16.1. The highest BCUT2D eigenvalue weighted by Gasteiger charge is 2.21. The smallest absolute Gasteiger partial charge is 0.240 e. The van der Waals surface area contributed by atoms with E-state index in [2.05, 4.69) is 25.5 Å². The van der Waals surface area contributed by atoms with E-state index in [1.807, 2.05) is 12.1 Å². The van der Waals surface area contributed by atoms with E-state index in [0.717, 1.165) is 12.0 Å². The minimum absolute atomic E-state index is 0.0362. The standard InChI is InChI=1S/C14H24N2O2S/c1-5-16-19(17,18)12-8-6-11(7-9-12)10-13(15)14(2,3)4/h6-9,13,16H,5,10,15H2,1-4H3. The maximum absolute atomic E-state index is 11.8. The molecule has 1 aromatic rings. The van der Waals surface area contributed by atoms with E-state index in [4.69, 9.17) is 5.73 Å². The maximum atomic E-state index is 11.8. The SMILES string of the molecule is CCNS(=O)(=O)c1ccc(CC(N)C(C)(C)C)cc1. The largest absolute Gasteiger partial charge is 0.327 e. The van der Waals surface area contributed by atoms with Crippen LogP contribution < -0.4 is 10.5 Å². The molecular formula is C14H24N2O2S. The molecule has 4 nitrogen and oxygen atoms in total. The van der Waals surface area contributed by atoms with Gasteiger partial charge in [-0.15, -0.1) is 0 Å². The van der Waals surface area contributed by atoms with E-state index in [0.29, 0.717) is 11.4 Å². The van der Waals surface area contributed by atoms with Crippen molar-refractivity contribution in [2.45, 2.75) is 45.1 Å². The fraction of sp³-hybridized carbons (Fsp3) is 0.571. The van der Waals surface area contributed by atoms with Crippen molar-refractivity contribution in [2.75, 3.05) is 6.54 Å². The Labute approximate surface area is 116 Å². The number of hydrogen-bond donors (Lipinski definition) is 2. The zero-order valence-electron chi connectivity index (χ0n) is 12.1. The average molecular weight is 284 g/mol. The number of benzene rings is 1. The van der Waals surface area contributed by atoms with Crippen LogP contribution in [0.3, 0.4) is 0 Å². The van der Waals surface area contributed by atoms with Crippen LogP contribution in [0.2, 0.25) is 0 Å². The molecule has 0 saturated heterocycles. The summed E-state index contributed by atoms with van der Waals surface area (Å²) in [6.07, 6.45) is 0.741. The summed E-state index contributed by atoms with van der Waals surface area (Å²) < 4.78 is 26.0. The molecule has 0 radical (unpaired) electrons. The highest BCUT2D eigenvalue weighted by molar-refractivity contribution is 7.89. The quantitative estimate of drug-likeness (QED) is 0.867. The third kappa shape index (κ3) is 4.60. The molecule has 0 heterocycles. The Balaban J connectivity index is 2.83. The zero-order valence-corrected chi connectivity index (χ0v) is 12.9. The number of hydrogen-bond acceptors (Lipinski definition) is 3. The maximum Gasteiger partial charge on any atom is 0.240 e. The molecule has 5 heteroatoms. The molecule has 3 N–H and O–H groups in total. The third-order valence-corrected chi connectivity index (χ3v) is 4.70. The van der Waals surface area contributed by atoms with E-state index < -0.39 is 10.0 Å². The van der Waals surface area contributed by atoms with Crippen molar-refractivity contribution in [3.05, 3.63) is 29.8 Å². The molecule has 0 saturated carbocycles. The van der Waals surface area contributed by atoms with E-state index >= 15 is 0 Å². The molecule has 1 rings (SSSR count). The van der Waals surface area contributed by atoms with Crippen LogP contribution in [0.15, 0.2) is 29.2 Å². The predicted octanol–water partition coefficient (Wildman–Crippen LogP) is 1.90. The number of rotatable bonds is 5. The lowest BCUT2D eigenvalue weighted by Gasteiger charge is -2.27. The average Bonchev–Trinajstić information content (AvgIpc) is 2.28. The van der Waals surface area contributed by atoms with Crippen molar-refractivity contribution in [1.29, 1.82) is 0 Å². The summed E-state index contributed by atoms with van der Waals surface area (Å²) in [6.45, 7) is 8.44. The summed E-state index contributed by atoms with van der Waals surface area (Å²) in [5, 5.41) is 0. The fourth-order valence-corrected chi connectivity index (χ4v) is 2.68. The van der Waals surface area contributed by atoms with Crippen molar-refractivity contribution in [3.8, 4) is 0 Å². The lowest BCUT2D eigenvalue weighted by Crippen LogP contribution is -2.36. The van der Waals surface area contributed by atoms with Crippen LogP contribution in [0.5, 0.6) is 0 Å². The molecule has 0 amide bonds. The van der Waals surface area contributed by atoms with E-state index in [-0.39, 0.29) is 11.5 Å². The summed E-state index contributed by atoms with van der Waals surface area (Å²) in [5.41, 5.74) is 7.21. The molecule has 0 aliphatic rings. The molecule has 0 aromatic heterocycles. The molecule has 0 aliphatic heterocycles. The van der Waals surface area contributed by atoms with Crippen LogP contribution in [-0.2, 0) is 16.4 Å². The van der Waals surface area contributed by atoms with Crippen LogP contribution in [-0.4, -0.2) is 21.0 Å². The number of nitrogens with one attached hydrogen (secondary N) is 1. The second kappa shape index (κ2) is 6.03. The van der Waals surface area contributed by atoms with E-state index in [1.54, 1.807) is 19.1 Å². The molecule has 0 bridgehead atoms. The molecule has 108 valence electrons. The van der Waals surface area contributed by atoms with Crippen LogP contribution in [0.1, 0.15) is 33.3 Å². The summed E-state index contributed by atoms with van der Waals surface area (Å²) in [5.74, 6) is 0. The first-order valence-corrected chi connectivity index (χ1v) is 7.99. The first-order valence-electron chi connectivity index (χ1n) is 6.51. The van der Waals surface area contributed by atoms with Gasteiger partial charge in [0.15, 0.2) is 0 Å². The monoisotopic (exact) mass is 284 g/mol. The highest BCUT2D eigenvalue weighted by atomic mass is 32.2. The predicted molar refractivity (Wildman–Crippen MR) is 78.4 cm³/mol. The van der Waals surface area contributed by atoms with Gasteiger partial charge in [-0.25, -0.2) is 13.1 Å². The second-order valence-corrected chi connectivity index (χ2v) is 7.59. The molecular weight excluding hydrogens is 260 g/mol. The van der Waals surface area contributed by atoms with Crippen molar-refractivity contribution < 1.29 is 8.42 Å². The van der Waals surface area contributed by atoms with Crippen molar-refractivity contribution in [2.24, 2.45) is 11.1 Å². The Morgan fingerprint density at radius 3 is 2.16 bits per heavy atom. The van der Waals surface area contributed by atoms with Gasteiger partial charge in [0.1, 0.15) is 0 Å². The summed E-state index contributed by atoms with van der Waals surface area (Å²) in [6, 6.07) is 6.96. The second-order valence-electron chi connectivity index (χ2n) is 5.82. The minimum Gasteiger partial charge on any atom is -0.327 e. The fourth-order valence-electron chi connectivity index (χ4n) is 1.64. The van der Waals surface area contributed by atoms with Gasteiger partial charge in [-0.2, -0.15) is 0 Å². The molecule has 1 unspecified atom stereocenters. The van der Waals surface area contributed by atoms with Crippen LogP contribution in [0.25, 0.3) is 0 Å². The summed E-state index contributed by atoms with van der Waals surface area (Å²) in [4.78, 5) is 0.294. The molecule has 0 spiro atoms. The van der Waals surface area contributed by atoms with Gasteiger partial charge in [0.2, 0.25) is 10.0 Å². The Hall–Kier alpha value is -0.910. The first-order chi connectivity index (χ1) is 8.66. The van der Waals surface area contributed by atoms with Crippen molar-refractivity contribution in [3.63, 3.8) is 0 Å². The summed E-state index contributed by atoms with van der Waals surface area (Å²) in [7, 11) is -3.37. The number of sulfonamides is 1. The topological polar surface area (TPSA) is 72.2 Å². The van der Waals surface area contributed by atoms with Gasteiger partial charge in [-0.3, -0.25) is 0 Å². The van der Waals surface area contributed by atoms with Crippen LogP contribution in [0, 0.1) is 5.41 Å². The highest BCUT2D eigenvalue weighted by Crippen LogP contribution is 2.21. The van der Waals surface area contributed by atoms with Crippen molar-refractivity contribution in [1.82, 2.24) is 4.72 Å². The Morgan fingerprint density at radius 1 is 1.21 bits per heavy atom. The van der Waals surface area contributed by atoms with Crippen LogP contribution >= 0.6 is 0 Å². The van der Waals surface area contributed by atoms with Gasteiger partial charge >= 0.3 is 0 Å². The Bertz CT molecular complexity index is 501. The normalized spacial score (nSPS) is 14.4. The Morgan fingerprint density at radius 2 is 1.74 bits per heavy atom. The van der Waals surface area contributed by atoms with Gasteiger partial charge in [0.05, 0.1) is 4.90 Å². The molecule has 19 heavy (non-hydrogen) atoms. The van der Waals surface area contributed by atoms with E-state index in [9.17, 15) is 8.42 Å². The zero-order chi connectivity index (χ0) is 14.7. The third-order valence-electron chi connectivity index (χ3n) is 3.14. The number of nitrogens with two attached hydrogens (primary N) is 1. The lowest BCUT2D eigenvalue weighted by atomic mass is 9.84. The van der Waals surface area contributed by atoms with Crippen LogP contribution in [0.4, 0.5) is 0 Å². The molecule has 0 fully saturated rings. The van der Waals surface area contributed by atoms with Gasteiger partial charge in [0.25, 0.3) is 0 Å². The van der Waals surface area contributed by atoms with Gasteiger partial charge < -0.3 is 5.73 Å². The summed E-state index contributed by atoms with van der Waals surface area (Å²) >= 11 is 0. The lowest BCUT2D eigenvalue weighted by molar-refractivity contribution is 0.318. The van der Waals surface area contributed by atoms with E-state index in [1.165, 1.54) is 0 Å². The van der Waals surface area contributed by atoms with Crippen molar-refractivity contribution >= 4 is 10.0 Å². The molecule has 1 atom stereocenters. The Kier molecular flexibility index (Phi) is 5.12.